The Balaban J connectivity index is 1.72. The van der Waals surface area contributed by atoms with E-state index in [0.29, 0.717) is 11.9 Å². The molecule has 2 rings (SSSR count). The molecule has 0 aromatic heterocycles. The molecule has 2 fully saturated rings. The van der Waals surface area contributed by atoms with Gasteiger partial charge in [0.05, 0.1) is 0 Å². The van der Waals surface area contributed by atoms with Crippen LogP contribution in [0.25, 0.3) is 0 Å². The summed E-state index contributed by atoms with van der Waals surface area (Å²) in [6.07, 6.45) is 7.00. The molecule has 0 spiro atoms. The molecule has 3 heteroatoms. The van der Waals surface area contributed by atoms with Gasteiger partial charge < -0.3 is 10.2 Å². The summed E-state index contributed by atoms with van der Waals surface area (Å²) in [7, 11) is 2.14. The van der Waals surface area contributed by atoms with Crippen molar-refractivity contribution in [3.05, 3.63) is 0 Å². The quantitative estimate of drug-likeness (QED) is 0.852. The third-order valence-electron chi connectivity index (χ3n) is 5.15. The average molecular weight is 266 g/mol. The zero-order chi connectivity index (χ0) is 13.8. The first-order valence-corrected chi connectivity index (χ1v) is 8.05. The number of hydrogen-bond donors (Lipinski definition) is 1. The Morgan fingerprint density at radius 2 is 1.63 bits per heavy atom. The van der Waals surface area contributed by atoms with Gasteiger partial charge in [-0.25, -0.2) is 0 Å². The summed E-state index contributed by atoms with van der Waals surface area (Å²) in [6.45, 7) is 6.78. The van der Waals surface area contributed by atoms with Crippen molar-refractivity contribution in [1.82, 2.24) is 10.2 Å². The summed E-state index contributed by atoms with van der Waals surface area (Å²) < 4.78 is 0. The third kappa shape index (κ3) is 4.20. The van der Waals surface area contributed by atoms with Gasteiger partial charge in [-0.1, -0.05) is 13.8 Å². The highest BCUT2D eigenvalue weighted by Crippen LogP contribution is 2.30. The fraction of sp³-hybridized carbons (Fsp3) is 0.938. The highest BCUT2D eigenvalue weighted by molar-refractivity contribution is 5.79. The van der Waals surface area contributed by atoms with E-state index in [4.69, 9.17) is 0 Å². The highest BCUT2D eigenvalue weighted by atomic mass is 16.1. The van der Waals surface area contributed by atoms with Crippen LogP contribution in [0.15, 0.2) is 0 Å². The monoisotopic (exact) mass is 266 g/mol. The van der Waals surface area contributed by atoms with Crippen molar-refractivity contribution in [3.63, 3.8) is 0 Å². The summed E-state index contributed by atoms with van der Waals surface area (Å²) in [6, 6.07) is 0.446. The van der Waals surface area contributed by atoms with Crippen LogP contribution in [0.4, 0.5) is 0 Å². The maximum absolute atomic E-state index is 12.3. The number of piperidine rings is 1. The SMILES string of the molecule is CC(C)C1CCC(NC(=O)C2CCN(C)CC2)CC1. The van der Waals surface area contributed by atoms with Gasteiger partial charge in [0.1, 0.15) is 0 Å². The van der Waals surface area contributed by atoms with Crippen LogP contribution in [0.5, 0.6) is 0 Å². The Hall–Kier alpha value is -0.570. The molecule has 1 aliphatic heterocycles. The lowest BCUT2D eigenvalue weighted by atomic mass is 9.79. The first kappa shape index (κ1) is 14.8. The van der Waals surface area contributed by atoms with Crippen molar-refractivity contribution in [1.29, 1.82) is 0 Å². The van der Waals surface area contributed by atoms with Crippen molar-refractivity contribution >= 4 is 5.91 Å². The lowest BCUT2D eigenvalue weighted by molar-refractivity contribution is -0.127. The van der Waals surface area contributed by atoms with E-state index in [-0.39, 0.29) is 5.92 Å². The average Bonchev–Trinajstić information content (AvgIpc) is 2.40. The molecule has 1 saturated carbocycles. The van der Waals surface area contributed by atoms with Gasteiger partial charge in [0.2, 0.25) is 5.91 Å². The summed E-state index contributed by atoms with van der Waals surface area (Å²) in [5.41, 5.74) is 0. The number of carbonyl (C=O) groups is 1. The van der Waals surface area contributed by atoms with E-state index in [2.05, 4.69) is 31.1 Å². The van der Waals surface area contributed by atoms with Crippen LogP contribution in [0.3, 0.4) is 0 Å². The lowest BCUT2D eigenvalue weighted by Crippen LogP contribution is -2.44. The molecule has 1 N–H and O–H groups in total. The predicted octanol–water partition coefficient (Wildman–Crippen LogP) is 2.66. The standard InChI is InChI=1S/C16H30N2O/c1-12(2)13-4-6-15(7-5-13)17-16(19)14-8-10-18(3)11-9-14/h12-15H,4-11H2,1-3H3,(H,17,19). The zero-order valence-corrected chi connectivity index (χ0v) is 12.8. The number of likely N-dealkylation sites (tertiary alicyclic amines) is 1. The van der Waals surface area contributed by atoms with Crippen LogP contribution in [0, 0.1) is 17.8 Å². The number of carbonyl (C=O) groups excluding carboxylic acids is 1. The fourth-order valence-electron chi connectivity index (χ4n) is 3.52. The van der Waals surface area contributed by atoms with Crippen molar-refractivity contribution in [2.45, 2.75) is 58.4 Å². The molecule has 3 nitrogen and oxygen atoms in total. The Bertz CT molecular complexity index is 287. The Labute approximate surface area is 118 Å². The van der Waals surface area contributed by atoms with Gasteiger partial charge in [-0.15, -0.1) is 0 Å². The van der Waals surface area contributed by atoms with Crippen LogP contribution in [-0.2, 0) is 4.79 Å². The minimum absolute atomic E-state index is 0.263. The molecule has 0 radical (unpaired) electrons. The van der Waals surface area contributed by atoms with E-state index in [1.54, 1.807) is 0 Å². The number of rotatable bonds is 3. The summed E-state index contributed by atoms with van der Waals surface area (Å²) in [5.74, 6) is 2.25. The number of nitrogens with one attached hydrogen (secondary N) is 1. The van der Waals surface area contributed by atoms with Crippen LogP contribution in [-0.4, -0.2) is 37.0 Å². The number of nitrogens with zero attached hydrogens (tertiary/aromatic N) is 1. The van der Waals surface area contributed by atoms with Crippen molar-refractivity contribution in [2.75, 3.05) is 20.1 Å². The normalized spacial score (nSPS) is 30.5. The minimum atomic E-state index is 0.263. The lowest BCUT2D eigenvalue weighted by Gasteiger charge is -2.33. The van der Waals surface area contributed by atoms with Gasteiger partial charge in [-0.05, 0) is 70.5 Å². The van der Waals surface area contributed by atoms with Crippen molar-refractivity contribution in [3.8, 4) is 0 Å². The number of amides is 1. The van der Waals surface area contributed by atoms with Crippen LogP contribution in [0.2, 0.25) is 0 Å². The highest BCUT2D eigenvalue weighted by Gasteiger charge is 2.28. The second-order valence-corrected chi connectivity index (χ2v) is 6.94. The molecule has 2 aliphatic rings. The van der Waals surface area contributed by atoms with E-state index >= 15 is 0 Å². The van der Waals surface area contributed by atoms with Gasteiger partial charge >= 0.3 is 0 Å². The fourth-order valence-corrected chi connectivity index (χ4v) is 3.52. The summed E-state index contributed by atoms with van der Waals surface area (Å²) >= 11 is 0. The largest absolute Gasteiger partial charge is 0.353 e. The van der Waals surface area contributed by atoms with E-state index in [1.165, 1.54) is 25.7 Å². The maximum atomic E-state index is 12.3. The van der Waals surface area contributed by atoms with Gasteiger partial charge in [0.15, 0.2) is 0 Å². The van der Waals surface area contributed by atoms with Gasteiger partial charge in [0, 0.05) is 12.0 Å². The van der Waals surface area contributed by atoms with Crippen molar-refractivity contribution in [2.24, 2.45) is 17.8 Å². The molecule has 0 bridgehead atoms. The van der Waals surface area contributed by atoms with E-state index in [9.17, 15) is 4.79 Å². The molecule has 1 saturated heterocycles. The molecule has 0 atom stereocenters. The van der Waals surface area contributed by atoms with E-state index in [0.717, 1.165) is 37.8 Å². The topological polar surface area (TPSA) is 32.3 Å². The molecule has 0 aromatic carbocycles. The first-order chi connectivity index (χ1) is 9.06. The molecule has 0 aromatic rings. The smallest absolute Gasteiger partial charge is 0.223 e. The number of hydrogen-bond acceptors (Lipinski definition) is 2. The molecule has 1 amide bonds. The van der Waals surface area contributed by atoms with Gasteiger partial charge in [-0.3, -0.25) is 4.79 Å². The van der Waals surface area contributed by atoms with E-state index < -0.39 is 0 Å². The third-order valence-corrected chi connectivity index (χ3v) is 5.15. The van der Waals surface area contributed by atoms with Crippen LogP contribution >= 0.6 is 0 Å². The van der Waals surface area contributed by atoms with Crippen LogP contribution in [0.1, 0.15) is 52.4 Å². The molecule has 19 heavy (non-hydrogen) atoms. The minimum Gasteiger partial charge on any atom is -0.353 e. The Kier molecular flexibility index (Phi) is 5.26. The van der Waals surface area contributed by atoms with Gasteiger partial charge in [-0.2, -0.15) is 0 Å². The molecule has 0 unspecified atom stereocenters. The summed E-state index contributed by atoms with van der Waals surface area (Å²) in [5, 5.41) is 3.31. The Morgan fingerprint density at radius 3 is 2.16 bits per heavy atom. The molecule has 110 valence electrons. The maximum Gasteiger partial charge on any atom is 0.223 e. The van der Waals surface area contributed by atoms with E-state index in [1.807, 2.05) is 0 Å². The Morgan fingerprint density at radius 1 is 1.05 bits per heavy atom. The van der Waals surface area contributed by atoms with Crippen molar-refractivity contribution < 1.29 is 4.79 Å². The molecular weight excluding hydrogens is 236 g/mol. The molecular formula is C16H30N2O. The first-order valence-electron chi connectivity index (χ1n) is 8.05. The van der Waals surface area contributed by atoms with Crippen LogP contribution < -0.4 is 5.32 Å². The predicted molar refractivity (Wildman–Crippen MR) is 78.9 cm³/mol. The van der Waals surface area contributed by atoms with Gasteiger partial charge in [0.25, 0.3) is 0 Å². The zero-order valence-electron chi connectivity index (χ0n) is 12.8. The summed E-state index contributed by atoms with van der Waals surface area (Å²) in [4.78, 5) is 14.6. The second kappa shape index (κ2) is 6.74. The molecule has 1 heterocycles. The second-order valence-electron chi connectivity index (χ2n) is 6.94. The molecule has 1 aliphatic carbocycles.